The van der Waals surface area contributed by atoms with Crippen molar-refractivity contribution in [3.8, 4) is 22.3 Å². The Morgan fingerprint density at radius 1 is 0.405 bits per heavy atom. The zero-order valence-corrected chi connectivity index (χ0v) is 23.4. The summed E-state index contributed by atoms with van der Waals surface area (Å²) in [7, 11) is 0. The number of hydrogen-bond donors (Lipinski definition) is 0. The number of rotatable bonds is 4. The number of aryl methyl sites for hydroxylation is 1. The standard InChI is InChI=1S/C37H38/c1-8-24-9-13-28-29-14-10-25(21(2)3)18-33(29)36(32(28)17-24)37-34-19-26(22(4)5)11-15-30(34)31-16-12-27(23(6)7)20-35(31)37/h9-23H,8H2,1-7H3. The molecule has 2 aliphatic rings. The normalized spacial score (nSPS) is 13.5. The van der Waals surface area contributed by atoms with E-state index in [1.54, 1.807) is 0 Å². The second-order valence-electron chi connectivity index (χ2n) is 11.9. The lowest BCUT2D eigenvalue weighted by atomic mass is 9.87. The summed E-state index contributed by atoms with van der Waals surface area (Å²) in [5.74, 6) is 1.48. The summed E-state index contributed by atoms with van der Waals surface area (Å²) in [6.45, 7) is 16.1. The minimum absolute atomic E-state index is 0.494. The Bertz CT molecular complexity index is 1510. The van der Waals surface area contributed by atoms with E-state index in [1.165, 1.54) is 77.9 Å². The van der Waals surface area contributed by atoms with Gasteiger partial charge in [0, 0.05) is 0 Å². The lowest BCUT2D eigenvalue weighted by molar-refractivity contribution is 0.866. The van der Waals surface area contributed by atoms with Crippen LogP contribution in [0.15, 0.2) is 72.8 Å². The molecule has 0 radical (unpaired) electrons. The molecule has 0 saturated heterocycles. The summed E-state index contributed by atoms with van der Waals surface area (Å²) >= 11 is 0. The van der Waals surface area contributed by atoms with Crippen molar-refractivity contribution < 1.29 is 0 Å². The molecule has 0 aromatic heterocycles. The highest BCUT2D eigenvalue weighted by Gasteiger charge is 2.33. The summed E-state index contributed by atoms with van der Waals surface area (Å²) in [6, 6.07) is 28.7. The monoisotopic (exact) mass is 482 g/mol. The molecule has 37 heavy (non-hydrogen) atoms. The predicted octanol–water partition coefficient (Wildman–Crippen LogP) is 10.6. The molecule has 0 atom stereocenters. The van der Waals surface area contributed by atoms with Crippen LogP contribution in [0.2, 0.25) is 0 Å². The highest BCUT2D eigenvalue weighted by molar-refractivity contribution is 6.19. The van der Waals surface area contributed by atoms with Crippen LogP contribution in [0.3, 0.4) is 0 Å². The summed E-state index contributed by atoms with van der Waals surface area (Å²) in [6.07, 6.45) is 1.05. The molecule has 0 heterocycles. The summed E-state index contributed by atoms with van der Waals surface area (Å²) in [5, 5.41) is 0. The van der Waals surface area contributed by atoms with Gasteiger partial charge in [0.1, 0.15) is 0 Å². The molecular formula is C37H38. The third-order valence-electron chi connectivity index (χ3n) is 8.53. The fourth-order valence-electron chi connectivity index (χ4n) is 6.17. The third-order valence-corrected chi connectivity index (χ3v) is 8.53. The Morgan fingerprint density at radius 2 is 0.730 bits per heavy atom. The number of benzene rings is 4. The van der Waals surface area contributed by atoms with Crippen molar-refractivity contribution in [2.24, 2.45) is 0 Å². The van der Waals surface area contributed by atoms with Gasteiger partial charge in [-0.3, -0.25) is 0 Å². The molecule has 0 bridgehead atoms. The zero-order valence-electron chi connectivity index (χ0n) is 23.4. The lowest BCUT2D eigenvalue weighted by Crippen LogP contribution is -1.96. The second kappa shape index (κ2) is 8.88. The van der Waals surface area contributed by atoms with Crippen molar-refractivity contribution in [2.45, 2.75) is 72.6 Å². The molecule has 0 unspecified atom stereocenters. The van der Waals surface area contributed by atoms with Crippen LogP contribution in [0, 0.1) is 0 Å². The van der Waals surface area contributed by atoms with Gasteiger partial charge in [-0.05, 0) is 102 Å². The highest BCUT2D eigenvalue weighted by atomic mass is 14.4. The van der Waals surface area contributed by atoms with Gasteiger partial charge in [0.15, 0.2) is 0 Å². The van der Waals surface area contributed by atoms with Crippen molar-refractivity contribution in [1.29, 1.82) is 0 Å². The Kier molecular flexibility index (Phi) is 5.75. The van der Waals surface area contributed by atoms with Gasteiger partial charge < -0.3 is 0 Å². The Labute approximate surface area is 223 Å². The molecule has 2 aliphatic carbocycles. The summed E-state index contributed by atoms with van der Waals surface area (Å²) < 4.78 is 0. The van der Waals surface area contributed by atoms with Crippen molar-refractivity contribution >= 4 is 11.1 Å². The van der Waals surface area contributed by atoms with Crippen LogP contribution < -0.4 is 0 Å². The average Bonchev–Trinajstić information content (AvgIpc) is 3.38. The van der Waals surface area contributed by atoms with E-state index in [0.29, 0.717) is 17.8 Å². The van der Waals surface area contributed by atoms with Gasteiger partial charge in [0.25, 0.3) is 0 Å². The molecule has 186 valence electrons. The fraction of sp³-hybridized carbons (Fsp3) is 0.297. The maximum atomic E-state index is 2.48. The van der Waals surface area contributed by atoms with E-state index in [-0.39, 0.29) is 0 Å². The maximum Gasteiger partial charge on any atom is -0.00137 e. The molecule has 0 nitrogen and oxygen atoms in total. The highest BCUT2D eigenvalue weighted by Crippen LogP contribution is 2.55. The quantitative estimate of drug-likeness (QED) is 0.234. The zero-order chi connectivity index (χ0) is 26.0. The van der Waals surface area contributed by atoms with Crippen molar-refractivity contribution in [1.82, 2.24) is 0 Å². The molecule has 6 rings (SSSR count). The van der Waals surface area contributed by atoms with E-state index >= 15 is 0 Å². The van der Waals surface area contributed by atoms with Crippen LogP contribution in [0.5, 0.6) is 0 Å². The van der Waals surface area contributed by atoms with Crippen LogP contribution in [0.25, 0.3) is 33.4 Å². The minimum atomic E-state index is 0.494. The number of hydrogen-bond acceptors (Lipinski definition) is 0. The van der Waals surface area contributed by atoms with Crippen LogP contribution in [-0.2, 0) is 6.42 Å². The SMILES string of the molecule is CCc1ccc2c(c1)C(=C1c3cc(C(C)C)ccc3-c3ccc(C(C)C)cc31)c1cc(C(C)C)ccc1-2. The summed E-state index contributed by atoms with van der Waals surface area (Å²) in [4.78, 5) is 0. The van der Waals surface area contributed by atoms with Gasteiger partial charge in [0.05, 0.1) is 0 Å². The van der Waals surface area contributed by atoms with Crippen LogP contribution >= 0.6 is 0 Å². The predicted molar refractivity (Wildman–Crippen MR) is 160 cm³/mol. The van der Waals surface area contributed by atoms with E-state index in [4.69, 9.17) is 0 Å². The Balaban J connectivity index is 1.77. The van der Waals surface area contributed by atoms with E-state index in [9.17, 15) is 0 Å². The molecule has 0 spiro atoms. The van der Waals surface area contributed by atoms with E-state index < -0.39 is 0 Å². The minimum Gasteiger partial charge on any atom is -0.0613 e. The van der Waals surface area contributed by atoms with Gasteiger partial charge in [0.2, 0.25) is 0 Å². The first-order valence-corrected chi connectivity index (χ1v) is 14.1. The largest absolute Gasteiger partial charge is 0.0613 e. The molecule has 0 fully saturated rings. The molecule has 4 aromatic carbocycles. The molecule has 0 heteroatoms. The molecule has 0 amide bonds. The van der Waals surface area contributed by atoms with Crippen molar-refractivity contribution in [2.75, 3.05) is 0 Å². The first-order chi connectivity index (χ1) is 17.8. The molecule has 0 aliphatic heterocycles. The third kappa shape index (κ3) is 3.72. The molecular weight excluding hydrogens is 444 g/mol. The summed E-state index contributed by atoms with van der Waals surface area (Å²) in [5.41, 5.74) is 19.6. The van der Waals surface area contributed by atoms with Crippen molar-refractivity contribution in [3.05, 3.63) is 117 Å². The van der Waals surface area contributed by atoms with Crippen LogP contribution in [0.1, 0.15) is 111 Å². The lowest BCUT2D eigenvalue weighted by Gasteiger charge is -2.16. The molecule has 4 aromatic rings. The van der Waals surface area contributed by atoms with E-state index in [1.807, 2.05) is 0 Å². The van der Waals surface area contributed by atoms with Crippen LogP contribution in [-0.4, -0.2) is 0 Å². The maximum absolute atomic E-state index is 2.48. The second-order valence-corrected chi connectivity index (χ2v) is 11.9. The van der Waals surface area contributed by atoms with Crippen LogP contribution in [0.4, 0.5) is 0 Å². The van der Waals surface area contributed by atoms with Gasteiger partial charge in [-0.15, -0.1) is 0 Å². The fourth-order valence-corrected chi connectivity index (χ4v) is 6.17. The van der Waals surface area contributed by atoms with Gasteiger partial charge in [-0.25, -0.2) is 0 Å². The first kappa shape index (κ1) is 24.0. The molecule has 0 saturated carbocycles. The topological polar surface area (TPSA) is 0 Å². The Morgan fingerprint density at radius 3 is 1.05 bits per heavy atom. The first-order valence-electron chi connectivity index (χ1n) is 14.1. The Hall–Kier alpha value is -3.38. The van der Waals surface area contributed by atoms with Gasteiger partial charge in [-0.2, -0.15) is 0 Å². The van der Waals surface area contributed by atoms with Gasteiger partial charge in [-0.1, -0.05) is 121 Å². The number of fused-ring (bicyclic) bond motifs is 6. The molecule has 0 N–H and O–H groups in total. The average molecular weight is 483 g/mol. The smallest absolute Gasteiger partial charge is 0.00137 e. The van der Waals surface area contributed by atoms with E-state index in [0.717, 1.165) is 6.42 Å². The van der Waals surface area contributed by atoms with Gasteiger partial charge >= 0.3 is 0 Å². The van der Waals surface area contributed by atoms with E-state index in [2.05, 4.69) is 121 Å². The van der Waals surface area contributed by atoms with Crippen molar-refractivity contribution in [3.63, 3.8) is 0 Å².